The average Bonchev–Trinajstić information content (AvgIpc) is 1.79. The van der Waals surface area contributed by atoms with Crippen molar-refractivity contribution in [3.8, 4) is 0 Å². The molecule has 1 aliphatic carbocycles. The van der Waals surface area contributed by atoms with Crippen molar-refractivity contribution in [2.45, 2.75) is 18.9 Å². The molecule has 1 spiro atoms. The van der Waals surface area contributed by atoms with Crippen LogP contribution in [0.15, 0.2) is 0 Å². The third-order valence-electron chi connectivity index (χ3n) is 2.72. The molecular weight excluding hydrogens is 158 g/mol. The predicted octanol–water partition coefficient (Wildman–Crippen LogP) is -0.160. The molecule has 1 saturated heterocycles. The van der Waals surface area contributed by atoms with Crippen LogP contribution in [0, 0.1) is 5.41 Å². The van der Waals surface area contributed by atoms with Crippen LogP contribution >= 0.6 is 0 Å². The second kappa shape index (κ2) is 2.71. The molecule has 2 N–H and O–H groups in total. The Bertz CT molecular complexity index is 192. The van der Waals surface area contributed by atoms with E-state index in [4.69, 9.17) is 9.84 Å². The van der Waals surface area contributed by atoms with Crippen LogP contribution in [0.3, 0.4) is 0 Å². The van der Waals surface area contributed by atoms with Crippen LogP contribution in [0.25, 0.3) is 0 Å². The first-order chi connectivity index (χ1) is 5.70. The summed E-state index contributed by atoms with van der Waals surface area (Å²) in [5.41, 5.74) is 0.427. The monoisotopic (exact) mass is 171 g/mol. The normalized spacial score (nSPS) is 26.3. The van der Waals surface area contributed by atoms with E-state index in [0.29, 0.717) is 11.5 Å². The second-order valence-corrected chi connectivity index (χ2v) is 3.87. The van der Waals surface area contributed by atoms with E-state index < -0.39 is 5.97 Å². The van der Waals surface area contributed by atoms with Gasteiger partial charge >= 0.3 is 5.97 Å². The summed E-state index contributed by atoms with van der Waals surface area (Å²) in [5, 5.41) is 11.4. The fourth-order valence-corrected chi connectivity index (χ4v) is 1.99. The van der Waals surface area contributed by atoms with Crippen LogP contribution in [0.2, 0.25) is 0 Å². The number of carboxylic acid groups (broad SMARTS) is 1. The molecule has 0 bridgehead atoms. The lowest BCUT2D eigenvalue weighted by atomic mass is 9.64. The molecule has 0 atom stereocenters. The van der Waals surface area contributed by atoms with E-state index in [-0.39, 0.29) is 6.54 Å². The summed E-state index contributed by atoms with van der Waals surface area (Å²) in [5.74, 6) is -0.777. The summed E-state index contributed by atoms with van der Waals surface area (Å²) in [4.78, 5) is 10.2. The number of rotatable bonds is 3. The van der Waals surface area contributed by atoms with E-state index in [0.717, 1.165) is 26.1 Å². The second-order valence-electron chi connectivity index (χ2n) is 3.87. The number of nitrogens with one attached hydrogen (secondary N) is 1. The van der Waals surface area contributed by atoms with Crippen molar-refractivity contribution in [3.63, 3.8) is 0 Å². The summed E-state index contributed by atoms with van der Waals surface area (Å²) < 4.78 is 5.11. The van der Waals surface area contributed by atoms with Crippen LogP contribution in [0.1, 0.15) is 12.8 Å². The third-order valence-corrected chi connectivity index (χ3v) is 2.72. The molecule has 12 heavy (non-hydrogen) atoms. The van der Waals surface area contributed by atoms with Crippen LogP contribution in [0.4, 0.5) is 0 Å². The highest BCUT2D eigenvalue weighted by Gasteiger charge is 2.49. The summed E-state index contributed by atoms with van der Waals surface area (Å²) in [6.45, 7) is 1.83. The Morgan fingerprint density at radius 3 is 2.67 bits per heavy atom. The van der Waals surface area contributed by atoms with Crippen LogP contribution in [-0.2, 0) is 9.53 Å². The Hall–Kier alpha value is -0.610. The maximum Gasteiger partial charge on any atom is 0.317 e. The molecule has 4 nitrogen and oxygen atoms in total. The molecule has 0 aromatic carbocycles. The summed E-state index contributed by atoms with van der Waals surface area (Å²) in [6, 6.07) is 0.407. The maximum atomic E-state index is 10.2. The van der Waals surface area contributed by atoms with Crippen molar-refractivity contribution in [1.29, 1.82) is 0 Å². The number of carboxylic acids is 1. The number of hydrogen-bond acceptors (Lipinski definition) is 3. The quantitative estimate of drug-likeness (QED) is 0.619. The third kappa shape index (κ3) is 1.32. The molecule has 1 heterocycles. The molecule has 0 unspecified atom stereocenters. The number of hydrogen-bond donors (Lipinski definition) is 2. The minimum Gasteiger partial charge on any atom is -0.480 e. The van der Waals surface area contributed by atoms with E-state index >= 15 is 0 Å². The van der Waals surface area contributed by atoms with Gasteiger partial charge < -0.3 is 15.2 Å². The van der Waals surface area contributed by atoms with Gasteiger partial charge in [0.25, 0.3) is 0 Å². The van der Waals surface area contributed by atoms with E-state index in [2.05, 4.69) is 5.32 Å². The Kier molecular flexibility index (Phi) is 1.81. The molecular formula is C8H13NO3. The lowest BCUT2D eigenvalue weighted by molar-refractivity contribution is -0.168. The molecule has 0 amide bonds. The molecule has 2 aliphatic rings. The highest BCUT2D eigenvalue weighted by Crippen LogP contribution is 2.46. The first-order valence-corrected chi connectivity index (χ1v) is 4.23. The molecule has 68 valence electrons. The Balaban J connectivity index is 1.64. The van der Waals surface area contributed by atoms with Gasteiger partial charge in [-0.15, -0.1) is 0 Å². The summed E-state index contributed by atoms with van der Waals surface area (Å²) >= 11 is 0. The molecule has 2 rings (SSSR count). The van der Waals surface area contributed by atoms with E-state index in [1.54, 1.807) is 0 Å². The molecule has 0 radical (unpaired) electrons. The van der Waals surface area contributed by atoms with Crippen molar-refractivity contribution in [1.82, 2.24) is 5.32 Å². The van der Waals surface area contributed by atoms with Crippen molar-refractivity contribution < 1.29 is 14.6 Å². The molecule has 0 aromatic rings. The van der Waals surface area contributed by atoms with Gasteiger partial charge in [-0.3, -0.25) is 4.79 Å². The van der Waals surface area contributed by atoms with Gasteiger partial charge in [0.1, 0.15) is 0 Å². The molecule has 1 saturated carbocycles. The first kappa shape index (κ1) is 8.01. The van der Waals surface area contributed by atoms with Crippen LogP contribution in [0.5, 0.6) is 0 Å². The minimum atomic E-state index is -0.777. The van der Waals surface area contributed by atoms with Crippen molar-refractivity contribution in [2.24, 2.45) is 5.41 Å². The zero-order valence-corrected chi connectivity index (χ0v) is 6.88. The molecule has 1 aliphatic heterocycles. The van der Waals surface area contributed by atoms with Gasteiger partial charge in [-0.25, -0.2) is 0 Å². The SMILES string of the molecule is O=C(O)CNC1CC2(COC2)C1. The largest absolute Gasteiger partial charge is 0.480 e. The zero-order valence-electron chi connectivity index (χ0n) is 6.88. The van der Waals surface area contributed by atoms with E-state index in [1.165, 1.54) is 0 Å². The lowest BCUT2D eigenvalue weighted by Crippen LogP contribution is -2.59. The minimum absolute atomic E-state index is 0.0849. The standard InChI is InChI=1S/C8H13NO3/c10-7(11)3-9-6-1-8(2-6)4-12-5-8/h6,9H,1-5H2,(H,10,11). The first-order valence-electron chi connectivity index (χ1n) is 4.23. The number of ether oxygens (including phenoxy) is 1. The van der Waals surface area contributed by atoms with E-state index in [9.17, 15) is 4.79 Å². The Morgan fingerprint density at radius 1 is 1.58 bits per heavy atom. The van der Waals surface area contributed by atoms with Crippen molar-refractivity contribution >= 4 is 5.97 Å². The molecule has 0 aromatic heterocycles. The summed E-state index contributed by atoms with van der Waals surface area (Å²) in [6.07, 6.45) is 2.17. The fraction of sp³-hybridized carbons (Fsp3) is 0.875. The van der Waals surface area contributed by atoms with E-state index in [1.807, 2.05) is 0 Å². The number of aliphatic carboxylic acids is 1. The van der Waals surface area contributed by atoms with Gasteiger partial charge in [0.15, 0.2) is 0 Å². The highest BCUT2D eigenvalue weighted by atomic mass is 16.5. The number of carbonyl (C=O) groups is 1. The predicted molar refractivity (Wildman–Crippen MR) is 41.9 cm³/mol. The lowest BCUT2D eigenvalue weighted by Gasteiger charge is -2.53. The van der Waals surface area contributed by atoms with Gasteiger partial charge in [0, 0.05) is 11.5 Å². The van der Waals surface area contributed by atoms with Gasteiger partial charge in [0.05, 0.1) is 19.8 Å². The smallest absolute Gasteiger partial charge is 0.317 e. The molecule has 2 fully saturated rings. The molecule has 4 heteroatoms. The summed E-state index contributed by atoms with van der Waals surface area (Å²) in [7, 11) is 0. The Labute approximate surface area is 70.9 Å². The zero-order chi connectivity index (χ0) is 8.60. The van der Waals surface area contributed by atoms with Crippen molar-refractivity contribution in [2.75, 3.05) is 19.8 Å². The van der Waals surface area contributed by atoms with Gasteiger partial charge in [-0.2, -0.15) is 0 Å². The average molecular weight is 171 g/mol. The Morgan fingerprint density at radius 2 is 2.25 bits per heavy atom. The highest BCUT2D eigenvalue weighted by molar-refractivity contribution is 5.69. The fourth-order valence-electron chi connectivity index (χ4n) is 1.99. The van der Waals surface area contributed by atoms with Crippen LogP contribution in [-0.4, -0.2) is 36.9 Å². The van der Waals surface area contributed by atoms with Gasteiger partial charge in [0.2, 0.25) is 0 Å². The topological polar surface area (TPSA) is 58.6 Å². The van der Waals surface area contributed by atoms with Crippen molar-refractivity contribution in [3.05, 3.63) is 0 Å². The van der Waals surface area contributed by atoms with Gasteiger partial charge in [-0.05, 0) is 12.8 Å². The maximum absolute atomic E-state index is 10.2. The van der Waals surface area contributed by atoms with Crippen LogP contribution < -0.4 is 5.32 Å². The van der Waals surface area contributed by atoms with Gasteiger partial charge in [-0.1, -0.05) is 0 Å².